The minimum Gasteiger partial charge on any atom is -0.305 e. The number of carbonyl (C=O) groups excluding carboxylic acids is 1. The lowest BCUT2D eigenvalue weighted by Crippen LogP contribution is -1.95. The highest BCUT2D eigenvalue weighted by Gasteiger charge is 2.07. The van der Waals surface area contributed by atoms with Crippen molar-refractivity contribution < 1.29 is 9.00 Å². The third-order valence-corrected chi connectivity index (χ3v) is 4.58. The second kappa shape index (κ2) is 5.61. The van der Waals surface area contributed by atoms with Crippen molar-refractivity contribution >= 4 is 22.7 Å². The number of imidazole rings is 1. The molecule has 0 radical (unpaired) electrons. The number of hydrogen-bond acceptors (Lipinski definition) is 3. The quantitative estimate of drug-likeness (QED) is 0.696. The van der Waals surface area contributed by atoms with Crippen molar-refractivity contribution in [3.05, 3.63) is 54.4 Å². The monoisotopic (exact) mass is 298 g/mol. The van der Waals surface area contributed by atoms with Crippen LogP contribution in [0.5, 0.6) is 0 Å². The Bertz CT molecular complexity index is 822. The van der Waals surface area contributed by atoms with Gasteiger partial charge in [0, 0.05) is 29.3 Å². The molecule has 21 heavy (non-hydrogen) atoms. The van der Waals surface area contributed by atoms with E-state index in [0.717, 1.165) is 28.1 Å². The Morgan fingerprint density at radius 2 is 1.90 bits per heavy atom. The summed E-state index contributed by atoms with van der Waals surface area (Å²) in [6.07, 6.45) is 4.58. The van der Waals surface area contributed by atoms with E-state index in [2.05, 4.69) is 4.98 Å². The second-order valence-electron chi connectivity index (χ2n) is 4.63. The minimum atomic E-state index is -0.973. The molecule has 4 nitrogen and oxygen atoms in total. The molecule has 0 aliphatic carbocycles. The summed E-state index contributed by atoms with van der Waals surface area (Å²) < 4.78 is 13.7. The van der Waals surface area contributed by atoms with Crippen LogP contribution < -0.4 is 0 Å². The molecule has 106 valence electrons. The number of carbonyl (C=O) groups is 1. The summed E-state index contributed by atoms with van der Waals surface area (Å²) in [4.78, 5) is 16.0. The molecule has 3 aromatic rings. The molecule has 5 heteroatoms. The minimum absolute atomic E-state index is 0.597. The smallest absolute Gasteiger partial charge is 0.150 e. The number of benzene rings is 1. The van der Waals surface area contributed by atoms with Crippen molar-refractivity contribution in [2.24, 2.45) is 0 Å². The number of nitrogens with zero attached hydrogens (tertiary/aromatic N) is 2. The van der Waals surface area contributed by atoms with E-state index in [-0.39, 0.29) is 0 Å². The molecule has 0 spiro atoms. The molecule has 2 heterocycles. The van der Waals surface area contributed by atoms with Gasteiger partial charge in [0.1, 0.15) is 11.9 Å². The molecule has 1 atom stereocenters. The molecule has 2 aromatic heterocycles. The van der Waals surface area contributed by atoms with Crippen molar-refractivity contribution in [2.75, 3.05) is 5.75 Å². The summed E-state index contributed by atoms with van der Waals surface area (Å²) in [5.74, 6) is 0.597. The predicted octanol–water partition coefficient (Wildman–Crippen LogP) is 2.94. The normalized spacial score (nSPS) is 12.4. The first kappa shape index (κ1) is 13.7. The summed E-state index contributed by atoms with van der Waals surface area (Å²) >= 11 is 0. The zero-order chi connectivity index (χ0) is 14.8. The summed E-state index contributed by atoms with van der Waals surface area (Å²) in [6, 6.07) is 11.0. The van der Waals surface area contributed by atoms with Gasteiger partial charge < -0.3 is 4.40 Å². The highest BCUT2D eigenvalue weighted by molar-refractivity contribution is 7.85. The zero-order valence-electron chi connectivity index (χ0n) is 11.5. The highest BCUT2D eigenvalue weighted by atomic mass is 32.2. The fourth-order valence-electron chi connectivity index (χ4n) is 2.14. The fraction of sp³-hybridized carbons (Fsp3) is 0.125. The van der Waals surface area contributed by atoms with Gasteiger partial charge in [-0.25, -0.2) is 4.98 Å². The van der Waals surface area contributed by atoms with E-state index < -0.39 is 10.8 Å². The SMILES string of the molecule is CCS(=O)c1ccc2nc(-c3ccc(C=O)cc3)cn2c1. The van der Waals surface area contributed by atoms with Crippen LogP contribution in [-0.4, -0.2) is 25.6 Å². The maximum atomic E-state index is 11.8. The van der Waals surface area contributed by atoms with E-state index >= 15 is 0 Å². The molecular formula is C16H14N2O2S. The Morgan fingerprint density at radius 3 is 2.57 bits per heavy atom. The number of aldehydes is 1. The van der Waals surface area contributed by atoms with Gasteiger partial charge in [-0.2, -0.15) is 0 Å². The summed E-state index contributed by atoms with van der Waals surface area (Å²) in [6.45, 7) is 1.90. The van der Waals surface area contributed by atoms with Gasteiger partial charge in [0.05, 0.1) is 21.4 Å². The van der Waals surface area contributed by atoms with E-state index in [1.165, 1.54) is 0 Å². The molecule has 0 aliphatic heterocycles. The van der Waals surface area contributed by atoms with Crippen molar-refractivity contribution in [3.8, 4) is 11.3 Å². The second-order valence-corrected chi connectivity index (χ2v) is 6.37. The van der Waals surface area contributed by atoms with Crippen LogP contribution in [0.2, 0.25) is 0 Å². The average molecular weight is 298 g/mol. The number of fused-ring (bicyclic) bond motifs is 1. The maximum absolute atomic E-state index is 11.8. The number of pyridine rings is 1. The first-order chi connectivity index (χ1) is 10.2. The van der Waals surface area contributed by atoms with Crippen LogP contribution in [0.25, 0.3) is 16.9 Å². The molecule has 1 aromatic carbocycles. The number of aromatic nitrogens is 2. The molecule has 0 saturated heterocycles. The van der Waals surface area contributed by atoms with Crippen LogP contribution in [0.15, 0.2) is 53.7 Å². The summed E-state index contributed by atoms with van der Waals surface area (Å²) in [5, 5.41) is 0. The van der Waals surface area contributed by atoms with Gasteiger partial charge in [-0.05, 0) is 12.1 Å². The van der Waals surface area contributed by atoms with Crippen molar-refractivity contribution in [2.45, 2.75) is 11.8 Å². The third kappa shape index (κ3) is 2.64. The molecule has 1 unspecified atom stereocenters. The van der Waals surface area contributed by atoms with Crippen LogP contribution in [0.3, 0.4) is 0 Å². The summed E-state index contributed by atoms with van der Waals surface area (Å²) in [7, 11) is -0.973. The molecule has 3 rings (SSSR count). The van der Waals surface area contributed by atoms with Gasteiger partial charge in [0.15, 0.2) is 0 Å². The largest absolute Gasteiger partial charge is 0.305 e. The molecule has 0 fully saturated rings. The molecular weight excluding hydrogens is 284 g/mol. The Balaban J connectivity index is 2.03. The lowest BCUT2D eigenvalue weighted by molar-refractivity contribution is 0.112. The van der Waals surface area contributed by atoms with E-state index in [0.29, 0.717) is 11.3 Å². The van der Waals surface area contributed by atoms with Gasteiger partial charge in [0.25, 0.3) is 0 Å². The van der Waals surface area contributed by atoms with Gasteiger partial charge in [-0.1, -0.05) is 31.2 Å². The number of hydrogen-bond donors (Lipinski definition) is 0. The first-order valence-corrected chi connectivity index (χ1v) is 7.96. The van der Waals surface area contributed by atoms with Crippen LogP contribution in [0, 0.1) is 0 Å². The molecule has 0 amide bonds. The lowest BCUT2D eigenvalue weighted by atomic mass is 10.1. The Kier molecular flexibility index (Phi) is 3.66. The maximum Gasteiger partial charge on any atom is 0.150 e. The standard InChI is InChI=1S/C16H14N2O2S/c1-2-21(20)14-7-8-16-17-15(10-18(16)9-14)13-5-3-12(11-19)4-6-13/h3-11H,2H2,1H3. The number of rotatable bonds is 4. The van der Waals surface area contributed by atoms with E-state index in [4.69, 9.17) is 0 Å². The Labute approximate surface area is 124 Å². The van der Waals surface area contributed by atoms with E-state index in [9.17, 15) is 9.00 Å². The topological polar surface area (TPSA) is 51.4 Å². The summed E-state index contributed by atoms with van der Waals surface area (Å²) in [5.41, 5.74) is 3.22. The molecule has 0 N–H and O–H groups in total. The van der Waals surface area contributed by atoms with E-state index in [1.54, 1.807) is 12.1 Å². The van der Waals surface area contributed by atoms with Crippen LogP contribution in [0.1, 0.15) is 17.3 Å². The third-order valence-electron chi connectivity index (χ3n) is 3.29. The Hall–Kier alpha value is -2.27. The van der Waals surface area contributed by atoms with Gasteiger partial charge in [-0.15, -0.1) is 0 Å². The zero-order valence-corrected chi connectivity index (χ0v) is 12.3. The van der Waals surface area contributed by atoms with Gasteiger partial charge >= 0.3 is 0 Å². The van der Waals surface area contributed by atoms with Crippen molar-refractivity contribution in [1.82, 2.24) is 9.38 Å². The van der Waals surface area contributed by atoms with Crippen molar-refractivity contribution in [3.63, 3.8) is 0 Å². The van der Waals surface area contributed by atoms with Crippen LogP contribution in [0.4, 0.5) is 0 Å². The Morgan fingerprint density at radius 1 is 1.14 bits per heavy atom. The predicted molar refractivity (Wildman–Crippen MR) is 83.0 cm³/mol. The van der Waals surface area contributed by atoms with E-state index in [1.807, 2.05) is 48.0 Å². The fourth-order valence-corrected chi connectivity index (χ4v) is 2.93. The molecule has 0 aliphatic rings. The van der Waals surface area contributed by atoms with Crippen molar-refractivity contribution in [1.29, 1.82) is 0 Å². The highest BCUT2D eigenvalue weighted by Crippen LogP contribution is 2.20. The molecule has 0 bridgehead atoms. The average Bonchev–Trinajstić information content (AvgIpc) is 2.97. The van der Waals surface area contributed by atoms with Gasteiger partial charge in [-0.3, -0.25) is 9.00 Å². The first-order valence-electron chi connectivity index (χ1n) is 6.64. The van der Waals surface area contributed by atoms with Crippen LogP contribution in [-0.2, 0) is 10.8 Å². The van der Waals surface area contributed by atoms with Gasteiger partial charge in [0.2, 0.25) is 0 Å². The van der Waals surface area contributed by atoms with Crippen LogP contribution >= 0.6 is 0 Å². The molecule has 0 saturated carbocycles. The lowest BCUT2D eigenvalue weighted by Gasteiger charge is -1.99.